The second-order valence-corrected chi connectivity index (χ2v) is 4.88. The fourth-order valence-electron chi connectivity index (χ4n) is 1.21. The van der Waals surface area contributed by atoms with Gasteiger partial charge in [0.2, 0.25) is 0 Å². The molecule has 5 atom stereocenters. The summed E-state index contributed by atoms with van der Waals surface area (Å²) in [4.78, 5) is 0. The van der Waals surface area contributed by atoms with Gasteiger partial charge in [-0.1, -0.05) is 0 Å². The standard InChI is InChI=1S/C7H14O4Se/c1-3-4(8)5(9)6(10)7(11-3)12-2/h3-10H,1-2H3/t3-,4+,5+,6-,7-/m0/s1. The van der Waals surface area contributed by atoms with Crippen LogP contribution in [0.3, 0.4) is 0 Å². The Kier molecular flexibility index (Phi) is 3.52. The zero-order valence-electron chi connectivity index (χ0n) is 7.04. The second-order valence-electron chi connectivity index (χ2n) is 2.92. The summed E-state index contributed by atoms with van der Waals surface area (Å²) in [7, 11) is 0. The topological polar surface area (TPSA) is 69.9 Å². The number of ether oxygens (including phenoxy) is 1. The molecule has 0 unspecified atom stereocenters. The summed E-state index contributed by atoms with van der Waals surface area (Å²) in [5.74, 6) is 1.93. The molecule has 0 aromatic rings. The molecule has 0 aromatic heterocycles. The van der Waals surface area contributed by atoms with Crippen LogP contribution in [-0.2, 0) is 4.74 Å². The van der Waals surface area contributed by atoms with Gasteiger partial charge in [0.05, 0.1) is 0 Å². The fourth-order valence-corrected chi connectivity index (χ4v) is 2.73. The van der Waals surface area contributed by atoms with Crippen LogP contribution in [0.5, 0.6) is 0 Å². The van der Waals surface area contributed by atoms with Crippen molar-refractivity contribution in [1.82, 2.24) is 0 Å². The van der Waals surface area contributed by atoms with Crippen LogP contribution in [-0.4, -0.2) is 59.7 Å². The van der Waals surface area contributed by atoms with E-state index < -0.39 is 24.4 Å². The molecule has 1 aliphatic rings. The molecule has 4 nitrogen and oxygen atoms in total. The molecule has 0 saturated carbocycles. The molecule has 12 heavy (non-hydrogen) atoms. The summed E-state index contributed by atoms with van der Waals surface area (Å²) in [6, 6.07) is 0. The van der Waals surface area contributed by atoms with E-state index in [1.54, 1.807) is 6.92 Å². The molecule has 0 aromatic carbocycles. The van der Waals surface area contributed by atoms with E-state index in [-0.39, 0.29) is 20.0 Å². The summed E-state index contributed by atoms with van der Waals surface area (Å²) in [5.41, 5.74) is 0. The zero-order chi connectivity index (χ0) is 9.30. The Balaban J connectivity index is 2.63. The van der Waals surface area contributed by atoms with Crippen LogP contribution in [0.15, 0.2) is 0 Å². The first kappa shape index (κ1) is 10.4. The minimum atomic E-state index is -1.07. The molecule has 0 amide bonds. The molecule has 0 radical (unpaired) electrons. The van der Waals surface area contributed by atoms with Crippen LogP contribution in [0, 0.1) is 0 Å². The Morgan fingerprint density at radius 2 is 1.67 bits per heavy atom. The molecule has 5 heteroatoms. The number of aliphatic hydroxyl groups excluding tert-OH is 3. The Bertz CT molecular complexity index is 150. The van der Waals surface area contributed by atoms with Gasteiger partial charge in [0.1, 0.15) is 0 Å². The number of hydrogen-bond acceptors (Lipinski definition) is 4. The molecule has 1 saturated heterocycles. The third-order valence-corrected chi connectivity index (χ3v) is 3.83. The molecular formula is C7H14O4Se. The van der Waals surface area contributed by atoms with Crippen LogP contribution in [0.25, 0.3) is 0 Å². The number of aliphatic hydroxyl groups is 3. The van der Waals surface area contributed by atoms with Crippen molar-refractivity contribution in [3.8, 4) is 0 Å². The van der Waals surface area contributed by atoms with Gasteiger partial charge in [-0.2, -0.15) is 0 Å². The van der Waals surface area contributed by atoms with Crippen molar-refractivity contribution in [2.24, 2.45) is 0 Å². The Hall–Kier alpha value is 0.359. The van der Waals surface area contributed by atoms with E-state index in [2.05, 4.69) is 0 Å². The van der Waals surface area contributed by atoms with Crippen molar-refractivity contribution in [3.63, 3.8) is 0 Å². The van der Waals surface area contributed by atoms with Crippen molar-refractivity contribution < 1.29 is 20.1 Å². The quantitative estimate of drug-likeness (QED) is 0.492. The van der Waals surface area contributed by atoms with Gasteiger partial charge in [0.15, 0.2) is 0 Å². The van der Waals surface area contributed by atoms with Crippen molar-refractivity contribution in [1.29, 1.82) is 0 Å². The summed E-state index contributed by atoms with van der Waals surface area (Å²) in [5, 5.41) is 27.8. The second kappa shape index (κ2) is 4.05. The normalized spacial score (nSPS) is 49.2. The Morgan fingerprint density at radius 1 is 1.08 bits per heavy atom. The number of rotatable bonds is 1. The SMILES string of the molecule is C[Se][C@@H]1O[C@@H](C)[C@@H](O)[C@@H](O)[C@@H]1O. The molecule has 0 bridgehead atoms. The van der Waals surface area contributed by atoms with E-state index in [4.69, 9.17) is 4.74 Å². The minimum absolute atomic E-state index is 0.120. The first-order valence-corrected chi connectivity index (χ1v) is 6.50. The Labute approximate surface area is 77.7 Å². The molecule has 3 N–H and O–H groups in total. The van der Waals surface area contributed by atoms with Gasteiger partial charge in [0.25, 0.3) is 0 Å². The van der Waals surface area contributed by atoms with E-state index in [1.807, 2.05) is 5.82 Å². The van der Waals surface area contributed by atoms with Gasteiger partial charge in [0, 0.05) is 0 Å². The van der Waals surface area contributed by atoms with E-state index in [0.29, 0.717) is 0 Å². The van der Waals surface area contributed by atoms with Gasteiger partial charge in [-0.15, -0.1) is 0 Å². The van der Waals surface area contributed by atoms with Crippen LogP contribution in [0.1, 0.15) is 6.92 Å². The third-order valence-electron chi connectivity index (χ3n) is 2.04. The average Bonchev–Trinajstić information content (AvgIpc) is 2.08. The summed E-state index contributed by atoms with van der Waals surface area (Å²) in [6.07, 6.45) is -3.38. The zero-order valence-corrected chi connectivity index (χ0v) is 8.76. The fraction of sp³-hybridized carbons (Fsp3) is 1.00. The van der Waals surface area contributed by atoms with Gasteiger partial charge in [-0.05, 0) is 0 Å². The molecule has 1 heterocycles. The van der Waals surface area contributed by atoms with Crippen LogP contribution >= 0.6 is 0 Å². The number of hydrogen-bond donors (Lipinski definition) is 3. The van der Waals surface area contributed by atoms with Gasteiger partial charge < -0.3 is 0 Å². The van der Waals surface area contributed by atoms with Crippen LogP contribution in [0.4, 0.5) is 0 Å². The van der Waals surface area contributed by atoms with Crippen molar-refractivity contribution in [2.75, 3.05) is 0 Å². The Morgan fingerprint density at radius 3 is 2.17 bits per heavy atom. The average molecular weight is 241 g/mol. The maximum atomic E-state index is 9.41. The summed E-state index contributed by atoms with van der Waals surface area (Å²) in [6.45, 7) is 1.69. The third kappa shape index (κ3) is 1.82. The van der Waals surface area contributed by atoms with Crippen LogP contribution in [0.2, 0.25) is 5.82 Å². The van der Waals surface area contributed by atoms with Crippen molar-refractivity contribution in [3.05, 3.63) is 0 Å². The van der Waals surface area contributed by atoms with E-state index in [1.165, 1.54) is 0 Å². The van der Waals surface area contributed by atoms with E-state index in [9.17, 15) is 15.3 Å². The van der Waals surface area contributed by atoms with Gasteiger partial charge in [-0.3, -0.25) is 0 Å². The maximum absolute atomic E-state index is 9.41. The first-order valence-electron chi connectivity index (χ1n) is 3.80. The molecular weight excluding hydrogens is 227 g/mol. The van der Waals surface area contributed by atoms with Gasteiger partial charge >= 0.3 is 77.2 Å². The molecule has 72 valence electrons. The summed E-state index contributed by atoms with van der Waals surface area (Å²) >= 11 is 0.120. The van der Waals surface area contributed by atoms with Crippen LogP contribution < -0.4 is 0 Å². The molecule has 1 aliphatic heterocycles. The van der Waals surface area contributed by atoms with E-state index >= 15 is 0 Å². The predicted octanol–water partition coefficient (Wildman–Crippen LogP) is -1.43. The summed E-state index contributed by atoms with van der Waals surface area (Å²) < 4.78 is 5.30. The van der Waals surface area contributed by atoms with Gasteiger partial charge in [-0.25, -0.2) is 0 Å². The molecule has 1 rings (SSSR count). The van der Waals surface area contributed by atoms with Crippen molar-refractivity contribution >= 4 is 15.0 Å². The monoisotopic (exact) mass is 242 g/mol. The van der Waals surface area contributed by atoms with Crippen molar-refractivity contribution in [2.45, 2.75) is 42.2 Å². The molecule has 0 spiro atoms. The van der Waals surface area contributed by atoms with E-state index in [0.717, 1.165) is 0 Å². The first-order chi connectivity index (χ1) is 5.57. The predicted molar refractivity (Wildman–Crippen MR) is 44.0 cm³/mol. The molecule has 1 fully saturated rings. The molecule has 0 aliphatic carbocycles.